The van der Waals surface area contributed by atoms with Gasteiger partial charge in [0.1, 0.15) is 0 Å². The molecule has 1 heteroatoms. The number of hydrogen-bond donors (Lipinski definition) is 0. The molecule has 0 radical (unpaired) electrons. The standard InChI is InChI=1S/C26H56N/c1-8-12-13-14-15-16-17-18-19-20-21-25(5)26(6,22-9-2)27(7,23-10-3)24-11-4/h25H,8-24H2,1-7H3/q+1. The molecule has 0 spiro atoms. The van der Waals surface area contributed by atoms with Crippen LogP contribution in [0.5, 0.6) is 0 Å². The summed E-state index contributed by atoms with van der Waals surface area (Å²) >= 11 is 0. The lowest BCUT2D eigenvalue weighted by atomic mass is 9.76. The van der Waals surface area contributed by atoms with Crippen LogP contribution in [-0.4, -0.2) is 30.2 Å². The van der Waals surface area contributed by atoms with E-state index in [2.05, 4.69) is 48.6 Å². The van der Waals surface area contributed by atoms with E-state index >= 15 is 0 Å². The van der Waals surface area contributed by atoms with Crippen molar-refractivity contribution in [3.8, 4) is 0 Å². The smallest absolute Gasteiger partial charge is 0.0987 e. The Bertz CT molecular complexity index is 318. The van der Waals surface area contributed by atoms with Crippen LogP contribution in [0.2, 0.25) is 0 Å². The molecule has 0 saturated heterocycles. The van der Waals surface area contributed by atoms with Gasteiger partial charge in [0.25, 0.3) is 0 Å². The first kappa shape index (κ1) is 27.0. The fourth-order valence-corrected chi connectivity index (χ4v) is 5.41. The van der Waals surface area contributed by atoms with E-state index in [1.165, 1.54) is 114 Å². The summed E-state index contributed by atoms with van der Waals surface area (Å²) in [6.07, 6.45) is 21.2. The van der Waals surface area contributed by atoms with Crippen molar-refractivity contribution < 1.29 is 4.48 Å². The number of quaternary nitrogens is 1. The lowest BCUT2D eigenvalue weighted by Crippen LogP contribution is -2.64. The Hall–Kier alpha value is -0.0400. The van der Waals surface area contributed by atoms with Crippen LogP contribution in [0.25, 0.3) is 0 Å². The van der Waals surface area contributed by atoms with Crippen molar-refractivity contribution in [3.63, 3.8) is 0 Å². The van der Waals surface area contributed by atoms with Gasteiger partial charge in [0.15, 0.2) is 0 Å². The Morgan fingerprint density at radius 2 is 1.07 bits per heavy atom. The average Bonchev–Trinajstić information content (AvgIpc) is 2.63. The van der Waals surface area contributed by atoms with Gasteiger partial charge in [0.2, 0.25) is 0 Å². The zero-order valence-electron chi connectivity index (χ0n) is 20.5. The van der Waals surface area contributed by atoms with Gasteiger partial charge in [0, 0.05) is 12.3 Å². The van der Waals surface area contributed by atoms with Crippen LogP contribution >= 0.6 is 0 Å². The largest absolute Gasteiger partial charge is 0.321 e. The van der Waals surface area contributed by atoms with E-state index in [-0.39, 0.29) is 0 Å². The normalized spacial score (nSPS) is 15.7. The third-order valence-electron chi connectivity index (χ3n) is 7.48. The minimum atomic E-state index is 0.444. The average molecular weight is 383 g/mol. The van der Waals surface area contributed by atoms with Crippen LogP contribution in [0.1, 0.15) is 138 Å². The molecule has 0 saturated carbocycles. The molecule has 0 amide bonds. The van der Waals surface area contributed by atoms with Gasteiger partial charge in [0.05, 0.1) is 25.7 Å². The summed E-state index contributed by atoms with van der Waals surface area (Å²) in [5.74, 6) is 0.828. The Labute approximate surface area is 174 Å². The highest BCUT2D eigenvalue weighted by Gasteiger charge is 2.45. The highest BCUT2D eigenvalue weighted by atomic mass is 15.4. The summed E-state index contributed by atoms with van der Waals surface area (Å²) in [5, 5.41) is 0. The Morgan fingerprint density at radius 3 is 1.48 bits per heavy atom. The molecule has 0 N–H and O–H groups in total. The molecule has 1 nitrogen and oxygen atoms in total. The van der Waals surface area contributed by atoms with Gasteiger partial charge in [-0.3, -0.25) is 0 Å². The van der Waals surface area contributed by atoms with Crippen LogP contribution < -0.4 is 0 Å². The minimum Gasteiger partial charge on any atom is -0.321 e. The Kier molecular flexibility index (Phi) is 15.8. The van der Waals surface area contributed by atoms with Crippen molar-refractivity contribution in [2.24, 2.45) is 5.92 Å². The number of nitrogens with zero attached hydrogens (tertiary/aromatic N) is 1. The molecule has 2 atom stereocenters. The molecule has 0 fully saturated rings. The van der Waals surface area contributed by atoms with Crippen LogP contribution in [0, 0.1) is 5.92 Å². The van der Waals surface area contributed by atoms with Gasteiger partial charge in [-0.2, -0.15) is 0 Å². The molecule has 27 heavy (non-hydrogen) atoms. The summed E-state index contributed by atoms with van der Waals surface area (Å²) in [6.45, 7) is 17.3. The van der Waals surface area contributed by atoms with Crippen molar-refractivity contribution in [3.05, 3.63) is 0 Å². The van der Waals surface area contributed by atoms with Gasteiger partial charge in [-0.25, -0.2) is 0 Å². The Morgan fingerprint density at radius 1 is 0.630 bits per heavy atom. The van der Waals surface area contributed by atoms with E-state index in [0.29, 0.717) is 5.54 Å². The molecule has 0 aliphatic rings. The molecule has 0 bridgehead atoms. The molecule has 2 unspecified atom stereocenters. The quantitative estimate of drug-likeness (QED) is 0.155. The lowest BCUT2D eigenvalue weighted by molar-refractivity contribution is -0.962. The lowest BCUT2D eigenvalue weighted by Gasteiger charge is -2.53. The van der Waals surface area contributed by atoms with E-state index in [0.717, 1.165) is 5.92 Å². The first-order valence-electron chi connectivity index (χ1n) is 12.8. The van der Waals surface area contributed by atoms with Gasteiger partial charge in [-0.15, -0.1) is 0 Å². The van der Waals surface area contributed by atoms with Crippen molar-refractivity contribution in [2.75, 3.05) is 20.1 Å². The third kappa shape index (κ3) is 9.82. The predicted octanol–water partition coefficient (Wildman–Crippen LogP) is 8.76. The Balaban J connectivity index is 4.33. The summed E-state index contributed by atoms with van der Waals surface area (Å²) in [4.78, 5) is 0. The number of unbranched alkanes of at least 4 members (excludes halogenated alkanes) is 9. The molecule has 0 rings (SSSR count). The maximum Gasteiger partial charge on any atom is 0.0987 e. The number of rotatable bonds is 19. The van der Waals surface area contributed by atoms with Crippen LogP contribution in [0.4, 0.5) is 0 Å². The second-order valence-electron chi connectivity index (χ2n) is 9.82. The molecular formula is C26H56N+. The molecule has 0 heterocycles. The first-order valence-corrected chi connectivity index (χ1v) is 12.8. The third-order valence-corrected chi connectivity index (χ3v) is 7.48. The van der Waals surface area contributed by atoms with Crippen LogP contribution in [0.3, 0.4) is 0 Å². The summed E-state index contributed by atoms with van der Waals surface area (Å²) in [6, 6.07) is 0. The molecule has 0 aromatic heterocycles. The predicted molar refractivity (Wildman–Crippen MR) is 125 cm³/mol. The molecule has 0 aromatic rings. The van der Waals surface area contributed by atoms with Crippen molar-refractivity contribution in [1.29, 1.82) is 0 Å². The van der Waals surface area contributed by atoms with E-state index in [1.807, 2.05) is 0 Å². The van der Waals surface area contributed by atoms with E-state index < -0.39 is 0 Å². The second-order valence-corrected chi connectivity index (χ2v) is 9.82. The second kappa shape index (κ2) is 15.8. The van der Waals surface area contributed by atoms with Gasteiger partial charge in [-0.1, -0.05) is 105 Å². The van der Waals surface area contributed by atoms with E-state index in [4.69, 9.17) is 0 Å². The maximum atomic E-state index is 2.61. The summed E-state index contributed by atoms with van der Waals surface area (Å²) in [5.41, 5.74) is 0.444. The van der Waals surface area contributed by atoms with Gasteiger partial charge < -0.3 is 4.48 Å². The first-order chi connectivity index (χ1) is 12.9. The van der Waals surface area contributed by atoms with Crippen LogP contribution in [-0.2, 0) is 0 Å². The van der Waals surface area contributed by atoms with Crippen LogP contribution in [0.15, 0.2) is 0 Å². The monoisotopic (exact) mass is 382 g/mol. The van der Waals surface area contributed by atoms with Gasteiger partial charge >= 0.3 is 0 Å². The van der Waals surface area contributed by atoms with Gasteiger partial charge in [-0.05, 0) is 26.2 Å². The zero-order valence-corrected chi connectivity index (χ0v) is 20.5. The highest BCUT2D eigenvalue weighted by molar-refractivity contribution is 4.82. The highest BCUT2D eigenvalue weighted by Crippen LogP contribution is 2.38. The molecule has 0 aliphatic carbocycles. The minimum absolute atomic E-state index is 0.444. The summed E-state index contributed by atoms with van der Waals surface area (Å²) < 4.78 is 1.28. The fourth-order valence-electron chi connectivity index (χ4n) is 5.41. The van der Waals surface area contributed by atoms with Crippen molar-refractivity contribution in [2.45, 2.75) is 143 Å². The molecule has 164 valence electrons. The topological polar surface area (TPSA) is 0 Å². The van der Waals surface area contributed by atoms with Crippen molar-refractivity contribution >= 4 is 0 Å². The van der Waals surface area contributed by atoms with Crippen molar-refractivity contribution in [1.82, 2.24) is 0 Å². The van der Waals surface area contributed by atoms with E-state index in [9.17, 15) is 0 Å². The molecular weight excluding hydrogens is 326 g/mol. The SMILES string of the molecule is CCCCCCCCCCCCC(C)C(C)(CCC)[N+](C)(CCC)CCC. The fraction of sp³-hybridized carbons (Fsp3) is 1.00. The maximum absolute atomic E-state index is 2.61. The van der Waals surface area contributed by atoms with E-state index in [1.54, 1.807) is 0 Å². The molecule has 0 aliphatic heterocycles. The zero-order chi connectivity index (χ0) is 20.6. The summed E-state index contributed by atoms with van der Waals surface area (Å²) in [7, 11) is 2.55. The number of hydrogen-bond acceptors (Lipinski definition) is 0. The molecule has 0 aromatic carbocycles.